The van der Waals surface area contributed by atoms with Crippen LogP contribution in [0.5, 0.6) is 5.75 Å². The fraction of sp³-hybridized carbons (Fsp3) is 0.227. The van der Waals surface area contributed by atoms with Crippen molar-refractivity contribution in [1.82, 2.24) is 10.2 Å². The van der Waals surface area contributed by atoms with Crippen LogP contribution >= 0.6 is 0 Å². The third-order valence-electron chi connectivity index (χ3n) is 4.74. The number of carbonyl (C=O) groups excluding carboxylic acids is 1. The van der Waals surface area contributed by atoms with E-state index in [0.717, 1.165) is 27.6 Å². The minimum atomic E-state index is -0.0869. The highest BCUT2D eigenvalue weighted by atomic mass is 16.5. The van der Waals surface area contributed by atoms with Crippen LogP contribution in [0.4, 0.5) is 4.79 Å². The normalized spacial score (nSPS) is 11.8. The molecule has 26 heavy (non-hydrogen) atoms. The van der Waals surface area contributed by atoms with Gasteiger partial charge in [-0.05, 0) is 47.0 Å². The Morgan fingerprint density at radius 2 is 1.73 bits per heavy atom. The summed E-state index contributed by atoms with van der Waals surface area (Å²) in [6, 6.07) is 22.1. The molecule has 3 aromatic carbocycles. The lowest BCUT2D eigenvalue weighted by molar-refractivity contribution is 0.194. The summed E-state index contributed by atoms with van der Waals surface area (Å²) in [5.41, 5.74) is 2.18. The quantitative estimate of drug-likeness (QED) is 0.723. The SMILES string of the molecule is COc1ccc2cc(CNC(=O)N(C)C(C)c3ccccc3)ccc2c1. The minimum Gasteiger partial charge on any atom is -0.497 e. The van der Waals surface area contributed by atoms with Gasteiger partial charge in [-0.2, -0.15) is 0 Å². The Balaban J connectivity index is 1.64. The van der Waals surface area contributed by atoms with Gasteiger partial charge in [-0.25, -0.2) is 4.79 Å². The molecule has 0 aliphatic heterocycles. The van der Waals surface area contributed by atoms with E-state index in [1.807, 2.05) is 68.6 Å². The first-order valence-electron chi connectivity index (χ1n) is 8.71. The third kappa shape index (κ3) is 3.97. The Labute approximate surface area is 154 Å². The van der Waals surface area contributed by atoms with E-state index in [-0.39, 0.29) is 12.1 Å². The first kappa shape index (κ1) is 17.8. The number of benzene rings is 3. The summed E-state index contributed by atoms with van der Waals surface area (Å²) in [6.07, 6.45) is 0. The van der Waals surface area contributed by atoms with Crippen LogP contribution in [0.15, 0.2) is 66.7 Å². The Hall–Kier alpha value is -3.01. The first-order chi connectivity index (χ1) is 12.6. The highest BCUT2D eigenvalue weighted by Crippen LogP contribution is 2.22. The molecule has 3 rings (SSSR count). The average Bonchev–Trinajstić information content (AvgIpc) is 2.70. The fourth-order valence-electron chi connectivity index (χ4n) is 2.94. The smallest absolute Gasteiger partial charge is 0.317 e. The van der Waals surface area contributed by atoms with Gasteiger partial charge in [-0.1, -0.05) is 48.5 Å². The van der Waals surface area contributed by atoms with Gasteiger partial charge in [0.2, 0.25) is 0 Å². The fourth-order valence-corrected chi connectivity index (χ4v) is 2.94. The molecular formula is C22H24N2O2. The molecule has 0 aliphatic carbocycles. The molecule has 1 atom stereocenters. The zero-order valence-electron chi connectivity index (χ0n) is 15.4. The average molecular weight is 348 g/mol. The van der Waals surface area contributed by atoms with E-state index in [4.69, 9.17) is 4.74 Å². The maximum absolute atomic E-state index is 12.5. The number of fused-ring (bicyclic) bond motifs is 1. The highest BCUT2D eigenvalue weighted by molar-refractivity contribution is 5.84. The van der Waals surface area contributed by atoms with Crippen LogP contribution in [0.1, 0.15) is 24.1 Å². The Morgan fingerprint density at radius 3 is 2.46 bits per heavy atom. The molecule has 0 saturated carbocycles. The number of nitrogens with zero attached hydrogens (tertiary/aromatic N) is 1. The van der Waals surface area contributed by atoms with Gasteiger partial charge in [0, 0.05) is 13.6 Å². The molecule has 134 valence electrons. The van der Waals surface area contributed by atoms with Crippen LogP contribution in [0.2, 0.25) is 0 Å². The Morgan fingerprint density at radius 1 is 1.04 bits per heavy atom. The van der Waals surface area contributed by atoms with Gasteiger partial charge in [0.15, 0.2) is 0 Å². The minimum absolute atomic E-state index is 0.0141. The van der Waals surface area contributed by atoms with Crippen molar-refractivity contribution in [2.24, 2.45) is 0 Å². The van der Waals surface area contributed by atoms with Crippen LogP contribution in [0.3, 0.4) is 0 Å². The molecule has 0 aliphatic rings. The highest BCUT2D eigenvalue weighted by Gasteiger charge is 2.16. The zero-order valence-corrected chi connectivity index (χ0v) is 15.4. The van der Waals surface area contributed by atoms with Gasteiger partial charge < -0.3 is 15.0 Å². The number of rotatable bonds is 5. The molecule has 4 nitrogen and oxygen atoms in total. The van der Waals surface area contributed by atoms with E-state index in [0.29, 0.717) is 6.54 Å². The van der Waals surface area contributed by atoms with Crippen molar-refractivity contribution in [3.63, 3.8) is 0 Å². The van der Waals surface area contributed by atoms with Crippen molar-refractivity contribution >= 4 is 16.8 Å². The van der Waals surface area contributed by atoms with E-state index in [9.17, 15) is 4.79 Å². The van der Waals surface area contributed by atoms with E-state index >= 15 is 0 Å². The van der Waals surface area contributed by atoms with Crippen LogP contribution < -0.4 is 10.1 Å². The summed E-state index contributed by atoms with van der Waals surface area (Å²) in [4.78, 5) is 14.2. The molecule has 0 radical (unpaired) electrons. The van der Waals surface area contributed by atoms with Gasteiger partial charge in [0.05, 0.1) is 13.2 Å². The lowest BCUT2D eigenvalue weighted by Crippen LogP contribution is -2.38. The number of methoxy groups -OCH3 is 1. The summed E-state index contributed by atoms with van der Waals surface area (Å²) < 4.78 is 5.25. The molecular weight excluding hydrogens is 324 g/mol. The van der Waals surface area contributed by atoms with Crippen LogP contribution in [0.25, 0.3) is 10.8 Å². The van der Waals surface area contributed by atoms with Gasteiger partial charge in [0.25, 0.3) is 0 Å². The number of carbonyl (C=O) groups is 1. The second-order valence-corrected chi connectivity index (χ2v) is 6.40. The number of nitrogens with one attached hydrogen (secondary N) is 1. The summed E-state index contributed by atoms with van der Waals surface area (Å²) in [6.45, 7) is 2.52. The topological polar surface area (TPSA) is 41.6 Å². The monoisotopic (exact) mass is 348 g/mol. The summed E-state index contributed by atoms with van der Waals surface area (Å²) in [5.74, 6) is 0.843. The van der Waals surface area contributed by atoms with Crippen molar-refractivity contribution in [2.75, 3.05) is 14.2 Å². The summed E-state index contributed by atoms with van der Waals surface area (Å²) in [5, 5.41) is 5.25. The molecule has 0 bridgehead atoms. The van der Waals surface area contributed by atoms with Gasteiger partial charge in [0.1, 0.15) is 5.75 Å². The molecule has 2 amide bonds. The van der Waals surface area contributed by atoms with Crippen LogP contribution in [0, 0.1) is 0 Å². The lowest BCUT2D eigenvalue weighted by atomic mass is 10.1. The number of urea groups is 1. The van der Waals surface area contributed by atoms with E-state index in [1.165, 1.54) is 0 Å². The van der Waals surface area contributed by atoms with E-state index in [2.05, 4.69) is 17.4 Å². The van der Waals surface area contributed by atoms with E-state index < -0.39 is 0 Å². The summed E-state index contributed by atoms with van der Waals surface area (Å²) >= 11 is 0. The largest absolute Gasteiger partial charge is 0.497 e. The zero-order chi connectivity index (χ0) is 18.5. The molecule has 0 heterocycles. The van der Waals surface area contributed by atoms with Crippen molar-refractivity contribution in [2.45, 2.75) is 19.5 Å². The predicted octanol–water partition coefficient (Wildman–Crippen LogP) is 4.75. The molecule has 0 spiro atoms. The molecule has 4 heteroatoms. The van der Waals surface area contributed by atoms with Crippen molar-refractivity contribution < 1.29 is 9.53 Å². The molecule has 1 N–H and O–H groups in total. The van der Waals surface area contributed by atoms with Crippen molar-refractivity contribution in [1.29, 1.82) is 0 Å². The van der Waals surface area contributed by atoms with Crippen molar-refractivity contribution in [3.8, 4) is 5.75 Å². The van der Waals surface area contributed by atoms with Gasteiger partial charge >= 0.3 is 6.03 Å². The summed E-state index contributed by atoms with van der Waals surface area (Å²) in [7, 11) is 3.48. The first-order valence-corrected chi connectivity index (χ1v) is 8.71. The number of ether oxygens (including phenoxy) is 1. The number of hydrogen-bond acceptors (Lipinski definition) is 2. The second-order valence-electron chi connectivity index (χ2n) is 6.40. The van der Waals surface area contributed by atoms with Crippen LogP contribution in [-0.2, 0) is 6.54 Å². The van der Waals surface area contributed by atoms with Crippen LogP contribution in [-0.4, -0.2) is 25.1 Å². The second kappa shape index (κ2) is 7.91. The standard InChI is InChI=1S/C22H24N2O2/c1-16(18-7-5-4-6-8-18)24(2)22(25)23-15-17-9-10-20-14-21(26-3)12-11-19(20)13-17/h4-14,16H,15H2,1-3H3,(H,23,25). The van der Waals surface area contributed by atoms with Gasteiger partial charge in [-0.3, -0.25) is 0 Å². The van der Waals surface area contributed by atoms with E-state index in [1.54, 1.807) is 12.0 Å². The Bertz CT molecular complexity index is 893. The molecule has 3 aromatic rings. The molecule has 0 aromatic heterocycles. The number of amides is 2. The number of hydrogen-bond donors (Lipinski definition) is 1. The molecule has 0 saturated heterocycles. The maximum Gasteiger partial charge on any atom is 0.317 e. The van der Waals surface area contributed by atoms with Crippen molar-refractivity contribution in [3.05, 3.63) is 77.9 Å². The molecule has 0 fully saturated rings. The molecule has 1 unspecified atom stereocenters. The lowest BCUT2D eigenvalue weighted by Gasteiger charge is -2.25. The maximum atomic E-state index is 12.5. The Kier molecular flexibility index (Phi) is 5.42. The predicted molar refractivity (Wildman–Crippen MR) is 105 cm³/mol. The third-order valence-corrected chi connectivity index (χ3v) is 4.74. The van der Waals surface area contributed by atoms with Gasteiger partial charge in [-0.15, -0.1) is 0 Å².